The molecule has 1 amide bonds. The van der Waals surface area contributed by atoms with E-state index >= 15 is 0 Å². The number of amides is 1. The van der Waals surface area contributed by atoms with E-state index in [4.69, 9.17) is 5.26 Å². The van der Waals surface area contributed by atoms with Crippen LogP contribution in [0, 0.1) is 11.3 Å². The second-order valence-electron chi connectivity index (χ2n) is 5.17. The van der Waals surface area contributed by atoms with Crippen LogP contribution in [0.4, 0.5) is 0 Å². The standard InChI is InChI=1S/C16H17N5O3/c1-2-3-4-18-13(23)6-11-9-20-15(21-16(11)24)14-12(22)5-10(7-17)8-19-14/h5,8-9,22H,2-4,6H2,1H3,(H,18,23)(H,20,21,24). The minimum atomic E-state index is -0.476. The Morgan fingerprint density at radius 2 is 2.21 bits per heavy atom. The second-order valence-corrected chi connectivity index (χ2v) is 5.17. The molecule has 3 N–H and O–H groups in total. The smallest absolute Gasteiger partial charge is 0.254 e. The quantitative estimate of drug-likeness (QED) is 0.674. The molecule has 2 aromatic heterocycles. The molecule has 24 heavy (non-hydrogen) atoms. The number of pyridine rings is 1. The molecule has 8 heteroatoms. The van der Waals surface area contributed by atoms with Gasteiger partial charge in [-0.25, -0.2) is 9.97 Å². The molecule has 124 valence electrons. The van der Waals surface area contributed by atoms with Gasteiger partial charge in [0, 0.05) is 30.6 Å². The fourth-order valence-electron chi connectivity index (χ4n) is 2.00. The maximum absolute atomic E-state index is 12.1. The van der Waals surface area contributed by atoms with Crippen LogP contribution < -0.4 is 10.9 Å². The molecule has 0 aromatic carbocycles. The monoisotopic (exact) mass is 327 g/mol. The first-order chi connectivity index (χ1) is 11.5. The third-order valence-corrected chi connectivity index (χ3v) is 3.30. The van der Waals surface area contributed by atoms with Crippen molar-refractivity contribution in [3.63, 3.8) is 0 Å². The predicted octanol–water partition coefficient (Wildman–Crippen LogP) is 0.868. The van der Waals surface area contributed by atoms with Crippen LogP contribution in [0.5, 0.6) is 5.75 Å². The van der Waals surface area contributed by atoms with Gasteiger partial charge in [0.1, 0.15) is 17.5 Å². The minimum absolute atomic E-state index is 0.0602. The van der Waals surface area contributed by atoms with Crippen LogP contribution in [-0.4, -0.2) is 32.5 Å². The van der Waals surface area contributed by atoms with Crippen LogP contribution in [0.25, 0.3) is 11.5 Å². The van der Waals surface area contributed by atoms with E-state index in [1.807, 2.05) is 13.0 Å². The molecule has 2 rings (SSSR count). The molecule has 0 aliphatic carbocycles. The largest absolute Gasteiger partial charge is 0.505 e. The first-order valence-corrected chi connectivity index (χ1v) is 7.49. The SMILES string of the molecule is CCCCNC(=O)Cc1cnc(-c2ncc(C#N)cc2O)[nH]c1=O. The number of carbonyl (C=O) groups excluding carboxylic acids is 1. The number of nitrogens with zero attached hydrogens (tertiary/aromatic N) is 3. The molecule has 2 heterocycles. The Morgan fingerprint density at radius 1 is 1.42 bits per heavy atom. The summed E-state index contributed by atoms with van der Waals surface area (Å²) in [6.45, 7) is 2.59. The molecule has 0 unspecified atom stereocenters. The van der Waals surface area contributed by atoms with E-state index in [2.05, 4.69) is 20.3 Å². The number of aromatic nitrogens is 3. The van der Waals surface area contributed by atoms with Gasteiger partial charge in [0.25, 0.3) is 5.56 Å². The number of hydrogen-bond acceptors (Lipinski definition) is 6. The maximum atomic E-state index is 12.1. The minimum Gasteiger partial charge on any atom is -0.505 e. The molecule has 0 atom stereocenters. The van der Waals surface area contributed by atoms with Gasteiger partial charge in [-0.15, -0.1) is 0 Å². The molecular weight excluding hydrogens is 310 g/mol. The lowest BCUT2D eigenvalue weighted by molar-refractivity contribution is -0.120. The number of rotatable bonds is 6. The van der Waals surface area contributed by atoms with Crippen molar-refractivity contribution in [2.45, 2.75) is 26.2 Å². The van der Waals surface area contributed by atoms with Crippen molar-refractivity contribution >= 4 is 5.91 Å². The van der Waals surface area contributed by atoms with E-state index in [0.29, 0.717) is 6.54 Å². The van der Waals surface area contributed by atoms with Crippen molar-refractivity contribution in [1.82, 2.24) is 20.3 Å². The lowest BCUT2D eigenvalue weighted by Gasteiger charge is -2.06. The molecule has 0 saturated carbocycles. The number of H-pyrrole nitrogens is 1. The molecule has 0 radical (unpaired) electrons. The zero-order valence-electron chi connectivity index (χ0n) is 13.2. The molecule has 0 aliphatic heterocycles. The summed E-state index contributed by atoms with van der Waals surface area (Å²) in [5, 5.41) is 21.3. The summed E-state index contributed by atoms with van der Waals surface area (Å²) < 4.78 is 0. The summed E-state index contributed by atoms with van der Waals surface area (Å²) in [5.41, 5.74) is 0.00102. The fraction of sp³-hybridized carbons (Fsp3) is 0.312. The van der Waals surface area contributed by atoms with Crippen molar-refractivity contribution in [1.29, 1.82) is 5.26 Å². The van der Waals surface area contributed by atoms with Crippen LogP contribution >= 0.6 is 0 Å². The highest BCUT2D eigenvalue weighted by Crippen LogP contribution is 2.23. The van der Waals surface area contributed by atoms with Gasteiger partial charge in [-0.05, 0) is 6.42 Å². The topological polar surface area (TPSA) is 132 Å². The van der Waals surface area contributed by atoms with Crippen molar-refractivity contribution in [3.8, 4) is 23.3 Å². The number of aromatic hydroxyl groups is 1. The van der Waals surface area contributed by atoms with E-state index in [-0.39, 0.29) is 40.7 Å². The van der Waals surface area contributed by atoms with Gasteiger partial charge >= 0.3 is 0 Å². The van der Waals surface area contributed by atoms with Crippen LogP contribution in [0.3, 0.4) is 0 Å². The van der Waals surface area contributed by atoms with Crippen molar-refractivity contribution in [3.05, 3.63) is 39.9 Å². The predicted molar refractivity (Wildman–Crippen MR) is 86.1 cm³/mol. The van der Waals surface area contributed by atoms with Gasteiger partial charge in [0.05, 0.1) is 12.0 Å². The van der Waals surface area contributed by atoms with Gasteiger partial charge < -0.3 is 15.4 Å². The van der Waals surface area contributed by atoms with E-state index in [9.17, 15) is 14.7 Å². The Labute approximate surface area is 138 Å². The van der Waals surface area contributed by atoms with E-state index in [1.165, 1.54) is 18.5 Å². The molecule has 0 fully saturated rings. The molecule has 0 saturated heterocycles. The van der Waals surface area contributed by atoms with Crippen molar-refractivity contribution in [2.24, 2.45) is 0 Å². The molecule has 0 bridgehead atoms. The number of aromatic amines is 1. The molecular formula is C16H17N5O3. The van der Waals surface area contributed by atoms with E-state index in [1.54, 1.807) is 0 Å². The number of unbranched alkanes of at least 4 members (excludes halogenated alkanes) is 1. The summed E-state index contributed by atoms with van der Waals surface area (Å²) in [7, 11) is 0. The Morgan fingerprint density at radius 3 is 2.83 bits per heavy atom. The zero-order chi connectivity index (χ0) is 17.5. The van der Waals surface area contributed by atoms with Crippen LogP contribution in [0.15, 0.2) is 23.3 Å². The Bertz CT molecular complexity index is 838. The lowest BCUT2D eigenvalue weighted by atomic mass is 10.2. The first-order valence-electron chi connectivity index (χ1n) is 7.49. The Hall–Kier alpha value is -3.21. The summed E-state index contributed by atoms with van der Waals surface area (Å²) in [5.74, 6) is -0.442. The van der Waals surface area contributed by atoms with Gasteiger partial charge in [-0.2, -0.15) is 5.26 Å². The highest BCUT2D eigenvalue weighted by Gasteiger charge is 2.13. The summed E-state index contributed by atoms with van der Waals surface area (Å²) in [6.07, 6.45) is 4.33. The number of nitrogens with one attached hydrogen (secondary N) is 2. The fourth-order valence-corrected chi connectivity index (χ4v) is 2.00. The average molecular weight is 327 g/mol. The number of nitriles is 1. The average Bonchev–Trinajstić information content (AvgIpc) is 2.57. The van der Waals surface area contributed by atoms with Crippen molar-refractivity contribution in [2.75, 3.05) is 6.54 Å². The Balaban J connectivity index is 2.17. The number of hydrogen-bond donors (Lipinski definition) is 3. The van der Waals surface area contributed by atoms with Crippen LogP contribution in [0.1, 0.15) is 30.9 Å². The van der Waals surface area contributed by atoms with E-state index in [0.717, 1.165) is 12.8 Å². The Kier molecular flexibility index (Phi) is 5.63. The van der Waals surface area contributed by atoms with Crippen molar-refractivity contribution < 1.29 is 9.90 Å². The molecule has 0 aliphatic rings. The maximum Gasteiger partial charge on any atom is 0.254 e. The zero-order valence-corrected chi connectivity index (χ0v) is 13.2. The normalized spacial score (nSPS) is 10.2. The lowest BCUT2D eigenvalue weighted by Crippen LogP contribution is -2.28. The highest BCUT2D eigenvalue weighted by atomic mass is 16.3. The van der Waals surface area contributed by atoms with Gasteiger partial charge in [0.15, 0.2) is 5.82 Å². The van der Waals surface area contributed by atoms with Gasteiger partial charge in [0.2, 0.25) is 5.91 Å². The van der Waals surface area contributed by atoms with E-state index < -0.39 is 5.56 Å². The second kappa shape index (κ2) is 7.87. The molecule has 8 nitrogen and oxygen atoms in total. The molecule has 2 aromatic rings. The number of carbonyl (C=O) groups is 1. The first kappa shape index (κ1) is 17.1. The van der Waals surface area contributed by atoms with Gasteiger partial charge in [-0.3, -0.25) is 9.59 Å². The van der Waals surface area contributed by atoms with Crippen LogP contribution in [-0.2, 0) is 11.2 Å². The highest BCUT2D eigenvalue weighted by molar-refractivity contribution is 5.78. The summed E-state index contributed by atoms with van der Waals surface area (Å²) in [4.78, 5) is 34.3. The third kappa shape index (κ3) is 4.16. The molecule has 0 spiro atoms. The third-order valence-electron chi connectivity index (χ3n) is 3.30. The summed E-state index contributed by atoms with van der Waals surface area (Å²) >= 11 is 0. The summed E-state index contributed by atoms with van der Waals surface area (Å²) in [6, 6.07) is 3.08. The van der Waals surface area contributed by atoms with Gasteiger partial charge in [-0.1, -0.05) is 13.3 Å². The van der Waals surface area contributed by atoms with Crippen LogP contribution in [0.2, 0.25) is 0 Å².